The number of rotatable bonds is 3. The van der Waals surface area contributed by atoms with Crippen molar-refractivity contribution in [3.63, 3.8) is 0 Å². The third kappa shape index (κ3) is 3.59. The van der Waals surface area contributed by atoms with Gasteiger partial charge in [-0.3, -0.25) is 0 Å². The largest absolute Gasteiger partial charge is 0.496 e. The Morgan fingerprint density at radius 2 is 1.64 bits per heavy atom. The molecule has 0 saturated heterocycles. The first kappa shape index (κ1) is 17.6. The van der Waals surface area contributed by atoms with Crippen LogP contribution in [0, 0.1) is 6.92 Å². The topological polar surface area (TPSA) is 18.5 Å². The highest BCUT2D eigenvalue weighted by Crippen LogP contribution is 2.43. The summed E-state index contributed by atoms with van der Waals surface area (Å²) in [5, 5.41) is 2.84. The maximum atomic E-state index is 6.30. The number of hydrogen-bond donors (Lipinski definition) is 0. The Morgan fingerprint density at radius 1 is 0.960 bits per heavy atom. The van der Waals surface area contributed by atoms with Gasteiger partial charge in [0.1, 0.15) is 17.1 Å². The predicted octanol–water partition coefficient (Wildman–Crippen LogP) is 6.65. The predicted molar refractivity (Wildman–Crippen MR) is 106 cm³/mol. The van der Waals surface area contributed by atoms with Crippen LogP contribution in [-0.2, 0) is 0 Å². The van der Waals surface area contributed by atoms with Crippen molar-refractivity contribution in [1.82, 2.24) is 0 Å². The summed E-state index contributed by atoms with van der Waals surface area (Å²) in [4.78, 5) is 0. The molecule has 0 aliphatic rings. The normalized spacial score (nSPS) is 11.6. The molecule has 0 spiro atoms. The van der Waals surface area contributed by atoms with Gasteiger partial charge in [-0.1, -0.05) is 35.9 Å². The maximum absolute atomic E-state index is 6.30. The van der Waals surface area contributed by atoms with E-state index >= 15 is 0 Å². The summed E-state index contributed by atoms with van der Waals surface area (Å²) in [7, 11) is 1.69. The number of halogens is 1. The molecule has 0 fully saturated rings. The van der Waals surface area contributed by atoms with Crippen LogP contribution in [0.2, 0.25) is 5.02 Å². The van der Waals surface area contributed by atoms with Crippen molar-refractivity contribution in [2.24, 2.45) is 0 Å². The van der Waals surface area contributed by atoms with E-state index in [1.165, 1.54) is 0 Å². The van der Waals surface area contributed by atoms with Gasteiger partial charge in [0.2, 0.25) is 0 Å². The zero-order valence-electron chi connectivity index (χ0n) is 15.3. The Morgan fingerprint density at radius 3 is 2.24 bits per heavy atom. The van der Waals surface area contributed by atoms with Gasteiger partial charge >= 0.3 is 0 Å². The molecule has 0 amide bonds. The van der Waals surface area contributed by atoms with Crippen molar-refractivity contribution >= 4 is 22.4 Å². The van der Waals surface area contributed by atoms with E-state index in [1.807, 2.05) is 36.4 Å². The Labute approximate surface area is 154 Å². The first-order valence-electron chi connectivity index (χ1n) is 8.35. The smallest absolute Gasteiger partial charge is 0.134 e. The van der Waals surface area contributed by atoms with Crippen molar-refractivity contribution in [2.75, 3.05) is 7.11 Å². The summed E-state index contributed by atoms with van der Waals surface area (Å²) in [6.45, 7) is 8.24. The quantitative estimate of drug-likeness (QED) is 0.524. The summed E-state index contributed by atoms with van der Waals surface area (Å²) in [6.07, 6.45) is 0. The van der Waals surface area contributed by atoms with Gasteiger partial charge in [-0.2, -0.15) is 0 Å². The molecule has 0 N–H and O–H groups in total. The Kier molecular flexibility index (Phi) is 4.66. The number of aryl methyl sites for hydroxylation is 1. The summed E-state index contributed by atoms with van der Waals surface area (Å²) in [5.74, 6) is 1.69. The van der Waals surface area contributed by atoms with E-state index in [2.05, 4.69) is 39.8 Å². The van der Waals surface area contributed by atoms with Gasteiger partial charge in [0.15, 0.2) is 0 Å². The highest BCUT2D eigenvalue weighted by atomic mass is 35.5. The van der Waals surface area contributed by atoms with Crippen LogP contribution in [0.3, 0.4) is 0 Å². The van der Waals surface area contributed by atoms with E-state index in [1.54, 1.807) is 7.11 Å². The molecule has 0 aromatic heterocycles. The second-order valence-electron chi connectivity index (χ2n) is 7.17. The van der Waals surface area contributed by atoms with Gasteiger partial charge in [-0.05, 0) is 74.0 Å². The van der Waals surface area contributed by atoms with Crippen molar-refractivity contribution in [3.05, 3.63) is 59.1 Å². The van der Waals surface area contributed by atoms with Gasteiger partial charge < -0.3 is 9.47 Å². The van der Waals surface area contributed by atoms with E-state index in [-0.39, 0.29) is 5.60 Å². The first-order chi connectivity index (χ1) is 11.8. The lowest BCUT2D eigenvalue weighted by atomic mass is 9.94. The molecule has 0 heterocycles. The average molecular weight is 355 g/mol. The molecule has 0 aliphatic carbocycles. The number of hydrogen-bond acceptors (Lipinski definition) is 2. The van der Waals surface area contributed by atoms with Crippen LogP contribution in [0.1, 0.15) is 26.3 Å². The molecule has 3 aromatic carbocycles. The minimum Gasteiger partial charge on any atom is -0.496 e. The third-order valence-corrected chi connectivity index (χ3v) is 4.30. The van der Waals surface area contributed by atoms with Crippen LogP contribution in [0.5, 0.6) is 11.5 Å². The van der Waals surface area contributed by atoms with Crippen molar-refractivity contribution < 1.29 is 9.47 Å². The molecular formula is C22H23ClO2. The highest BCUT2D eigenvalue weighted by molar-refractivity contribution is 6.30. The molecule has 0 saturated carbocycles. The van der Waals surface area contributed by atoms with Crippen LogP contribution in [-0.4, -0.2) is 12.7 Å². The maximum Gasteiger partial charge on any atom is 0.134 e. The summed E-state index contributed by atoms with van der Waals surface area (Å²) < 4.78 is 11.9. The second-order valence-corrected chi connectivity index (χ2v) is 7.61. The molecular weight excluding hydrogens is 332 g/mol. The fourth-order valence-corrected chi connectivity index (χ4v) is 3.15. The SMILES string of the molecule is COc1cccc2c(-c3ccc(Cl)cc3)cc(C)c(OC(C)(C)C)c12. The fourth-order valence-electron chi connectivity index (χ4n) is 3.02. The summed E-state index contributed by atoms with van der Waals surface area (Å²) >= 11 is 6.05. The van der Waals surface area contributed by atoms with Crippen molar-refractivity contribution in [1.29, 1.82) is 0 Å². The molecule has 3 heteroatoms. The molecule has 0 bridgehead atoms. The minimum atomic E-state index is -0.291. The molecule has 25 heavy (non-hydrogen) atoms. The lowest BCUT2D eigenvalue weighted by Crippen LogP contribution is -2.23. The Bertz CT molecular complexity index is 906. The molecule has 0 unspecified atom stereocenters. The van der Waals surface area contributed by atoms with Gasteiger partial charge in [0.25, 0.3) is 0 Å². The first-order valence-corrected chi connectivity index (χ1v) is 8.73. The second kappa shape index (κ2) is 6.61. The fraction of sp³-hybridized carbons (Fsp3) is 0.273. The van der Waals surface area contributed by atoms with Gasteiger partial charge in [0, 0.05) is 5.02 Å². The van der Waals surface area contributed by atoms with Crippen molar-refractivity contribution in [2.45, 2.75) is 33.3 Å². The Balaban J connectivity index is 2.35. The molecule has 0 atom stereocenters. The van der Waals surface area contributed by atoms with Crippen LogP contribution in [0.4, 0.5) is 0 Å². The van der Waals surface area contributed by atoms with E-state index in [0.29, 0.717) is 0 Å². The monoisotopic (exact) mass is 354 g/mol. The number of methoxy groups -OCH3 is 1. The number of benzene rings is 3. The van der Waals surface area contributed by atoms with Gasteiger partial charge in [0.05, 0.1) is 12.5 Å². The molecule has 3 rings (SSSR count). The zero-order valence-corrected chi connectivity index (χ0v) is 16.1. The van der Waals surface area contributed by atoms with Crippen molar-refractivity contribution in [3.8, 4) is 22.6 Å². The van der Waals surface area contributed by atoms with E-state index in [4.69, 9.17) is 21.1 Å². The molecule has 0 radical (unpaired) electrons. The molecule has 0 aliphatic heterocycles. The standard InChI is InChI=1S/C22H23ClO2/c1-14-13-18(15-9-11-16(23)12-10-15)17-7-6-8-19(24-5)20(17)21(14)25-22(2,3)4/h6-13H,1-5H3. The molecule has 2 nitrogen and oxygen atoms in total. The molecule has 3 aromatic rings. The van der Waals surface area contributed by atoms with Gasteiger partial charge in [-0.25, -0.2) is 0 Å². The summed E-state index contributed by atoms with van der Waals surface area (Å²) in [6, 6.07) is 16.2. The summed E-state index contributed by atoms with van der Waals surface area (Å²) in [5.41, 5.74) is 3.05. The number of ether oxygens (including phenoxy) is 2. The van der Waals surface area contributed by atoms with E-state index in [9.17, 15) is 0 Å². The molecule has 130 valence electrons. The van der Waals surface area contributed by atoms with E-state index in [0.717, 1.165) is 44.0 Å². The highest BCUT2D eigenvalue weighted by Gasteiger charge is 2.20. The van der Waals surface area contributed by atoms with Crippen LogP contribution < -0.4 is 9.47 Å². The van der Waals surface area contributed by atoms with Crippen LogP contribution in [0.15, 0.2) is 48.5 Å². The van der Waals surface area contributed by atoms with Gasteiger partial charge in [-0.15, -0.1) is 0 Å². The number of fused-ring (bicyclic) bond motifs is 1. The Hall–Kier alpha value is -2.19. The average Bonchev–Trinajstić information content (AvgIpc) is 2.56. The third-order valence-electron chi connectivity index (χ3n) is 4.05. The lowest BCUT2D eigenvalue weighted by Gasteiger charge is -2.25. The minimum absolute atomic E-state index is 0.291. The van der Waals surface area contributed by atoms with Crippen LogP contribution >= 0.6 is 11.6 Å². The zero-order chi connectivity index (χ0) is 18.2. The lowest BCUT2D eigenvalue weighted by molar-refractivity contribution is 0.132. The van der Waals surface area contributed by atoms with E-state index < -0.39 is 0 Å². The van der Waals surface area contributed by atoms with Crippen LogP contribution in [0.25, 0.3) is 21.9 Å².